The van der Waals surface area contributed by atoms with Crippen molar-refractivity contribution in [2.75, 3.05) is 6.61 Å². The van der Waals surface area contributed by atoms with Gasteiger partial charge in [0.1, 0.15) is 11.6 Å². The first kappa shape index (κ1) is 18.9. The SMILES string of the molecule is CCOc1ccc2ccc(-c3cnnc(Cn4ccnc4C)c3)cc2c1.Cl. The standard InChI is InChI=1S/C21H20N4O.ClH/c1-3-26-21-7-6-16-4-5-17(10-18(16)12-21)19-11-20(24-23-13-19)14-25-9-8-22-15(25)2;/h4-13H,3,14H2,1-2H3;1H. The van der Waals surface area contributed by atoms with E-state index in [0.29, 0.717) is 13.2 Å². The minimum atomic E-state index is 0. The molecule has 2 aromatic heterocycles. The summed E-state index contributed by atoms with van der Waals surface area (Å²) < 4.78 is 7.68. The second-order valence-corrected chi connectivity index (χ2v) is 6.19. The maximum absolute atomic E-state index is 5.62. The summed E-state index contributed by atoms with van der Waals surface area (Å²) in [5, 5.41) is 10.8. The molecule has 0 amide bonds. The Balaban J connectivity index is 0.00000210. The quantitative estimate of drug-likeness (QED) is 0.504. The monoisotopic (exact) mass is 380 g/mol. The fraction of sp³-hybridized carbons (Fsp3) is 0.190. The van der Waals surface area contributed by atoms with E-state index in [0.717, 1.165) is 33.8 Å². The van der Waals surface area contributed by atoms with Gasteiger partial charge in [0.2, 0.25) is 0 Å². The van der Waals surface area contributed by atoms with E-state index in [9.17, 15) is 0 Å². The van der Waals surface area contributed by atoms with Gasteiger partial charge in [0.15, 0.2) is 0 Å². The molecule has 0 bridgehead atoms. The molecule has 27 heavy (non-hydrogen) atoms. The number of halogens is 1. The Morgan fingerprint density at radius 3 is 2.63 bits per heavy atom. The molecule has 0 saturated heterocycles. The van der Waals surface area contributed by atoms with Crippen LogP contribution in [0.5, 0.6) is 5.75 Å². The third kappa shape index (κ3) is 4.09. The Hall–Kier alpha value is -2.92. The van der Waals surface area contributed by atoms with E-state index in [2.05, 4.69) is 56.1 Å². The van der Waals surface area contributed by atoms with Crippen LogP contribution in [0.2, 0.25) is 0 Å². The maximum Gasteiger partial charge on any atom is 0.119 e. The van der Waals surface area contributed by atoms with Crippen LogP contribution in [0.4, 0.5) is 0 Å². The Morgan fingerprint density at radius 2 is 1.85 bits per heavy atom. The van der Waals surface area contributed by atoms with Gasteiger partial charge in [0.05, 0.1) is 25.0 Å². The van der Waals surface area contributed by atoms with Crippen molar-refractivity contribution < 1.29 is 4.74 Å². The third-order valence-electron chi connectivity index (χ3n) is 4.42. The lowest BCUT2D eigenvalue weighted by Crippen LogP contribution is -2.04. The molecular formula is C21H21ClN4O. The predicted octanol–water partition coefficient (Wildman–Crippen LogP) is 4.67. The zero-order valence-electron chi connectivity index (χ0n) is 15.3. The molecule has 2 aromatic carbocycles. The third-order valence-corrected chi connectivity index (χ3v) is 4.42. The van der Waals surface area contributed by atoms with Crippen molar-refractivity contribution in [2.24, 2.45) is 0 Å². The van der Waals surface area contributed by atoms with Crippen molar-refractivity contribution in [3.05, 3.63) is 72.6 Å². The molecule has 0 aliphatic heterocycles. The highest BCUT2D eigenvalue weighted by Gasteiger charge is 2.06. The molecule has 0 N–H and O–H groups in total. The Bertz CT molecular complexity index is 1060. The first-order chi connectivity index (χ1) is 12.7. The number of rotatable bonds is 5. The summed E-state index contributed by atoms with van der Waals surface area (Å²) in [7, 11) is 0. The molecule has 4 rings (SSSR count). The van der Waals surface area contributed by atoms with Crippen LogP contribution < -0.4 is 4.74 Å². The minimum absolute atomic E-state index is 0. The summed E-state index contributed by atoms with van der Waals surface area (Å²) in [6.45, 7) is 5.30. The van der Waals surface area contributed by atoms with Crippen molar-refractivity contribution >= 4 is 23.2 Å². The molecular weight excluding hydrogens is 360 g/mol. The van der Waals surface area contributed by atoms with Gasteiger partial charge in [-0.1, -0.05) is 18.2 Å². The fourth-order valence-corrected chi connectivity index (χ4v) is 3.05. The number of fused-ring (bicyclic) bond motifs is 1. The largest absolute Gasteiger partial charge is 0.494 e. The summed E-state index contributed by atoms with van der Waals surface area (Å²) >= 11 is 0. The van der Waals surface area contributed by atoms with Crippen LogP contribution in [0.3, 0.4) is 0 Å². The van der Waals surface area contributed by atoms with Crippen LogP contribution in [-0.4, -0.2) is 26.4 Å². The lowest BCUT2D eigenvalue weighted by atomic mass is 10.0. The van der Waals surface area contributed by atoms with Crippen molar-refractivity contribution in [1.82, 2.24) is 19.7 Å². The van der Waals surface area contributed by atoms with Crippen LogP contribution in [0.1, 0.15) is 18.4 Å². The van der Waals surface area contributed by atoms with Crippen LogP contribution >= 0.6 is 12.4 Å². The van der Waals surface area contributed by atoms with Crippen LogP contribution in [-0.2, 0) is 6.54 Å². The smallest absolute Gasteiger partial charge is 0.119 e. The van der Waals surface area contributed by atoms with Gasteiger partial charge in [-0.3, -0.25) is 0 Å². The molecule has 0 saturated carbocycles. The second kappa shape index (κ2) is 8.18. The number of nitrogens with zero attached hydrogens (tertiary/aromatic N) is 4. The number of aromatic nitrogens is 4. The average Bonchev–Trinajstić information content (AvgIpc) is 3.06. The van der Waals surface area contributed by atoms with Crippen LogP contribution in [0.15, 0.2) is 61.1 Å². The second-order valence-electron chi connectivity index (χ2n) is 6.19. The first-order valence-corrected chi connectivity index (χ1v) is 8.69. The molecule has 138 valence electrons. The molecule has 4 aromatic rings. The van der Waals surface area contributed by atoms with Gasteiger partial charge >= 0.3 is 0 Å². The fourth-order valence-electron chi connectivity index (χ4n) is 3.05. The lowest BCUT2D eigenvalue weighted by Gasteiger charge is -2.08. The molecule has 6 heteroatoms. The number of hydrogen-bond donors (Lipinski definition) is 0. The van der Waals surface area contributed by atoms with Crippen molar-refractivity contribution in [2.45, 2.75) is 20.4 Å². The average molecular weight is 381 g/mol. The Labute approximate surface area is 164 Å². The van der Waals surface area contributed by atoms with E-state index in [1.165, 1.54) is 5.39 Å². The van der Waals surface area contributed by atoms with Crippen LogP contribution in [0, 0.1) is 6.92 Å². The minimum Gasteiger partial charge on any atom is -0.494 e. The van der Waals surface area contributed by atoms with E-state index in [4.69, 9.17) is 4.74 Å². The van der Waals surface area contributed by atoms with Gasteiger partial charge in [-0.15, -0.1) is 12.4 Å². The number of benzene rings is 2. The van der Waals surface area contributed by atoms with Crippen LogP contribution in [0.25, 0.3) is 21.9 Å². The van der Waals surface area contributed by atoms with Crippen molar-refractivity contribution in [3.63, 3.8) is 0 Å². The van der Waals surface area contributed by atoms with Gasteiger partial charge in [0.25, 0.3) is 0 Å². The number of ether oxygens (including phenoxy) is 1. The van der Waals surface area contributed by atoms with E-state index in [1.807, 2.05) is 26.1 Å². The van der Waals surface area contributed by atoms with E-state index >= 15 is 0 Å². The summed E-state index contributed by atoms with van der Waals surface area (Å²) in [5.74, 6) is 1.85. The van der Waals surface area contributed by atoms with Gasteiger partial charge in [-0.05, 0) is 54.4 Å². The normalized spacial score (nSPS) is 10.6. The van der Waals surface area contributed by atoms with E-state index < -0.39 is 0 Å². The molecule has 0 aliphatic carbocycles. The van der Waals surface area contributed by atoms with Gasteiger partial charge in [-0.2, -0.15) is 10.2 Å². The van der Waals surface area contributed by atoms with Gasteiger partial charge in [0, 0.05) is 18.0 Å². The topological polar surface area (TPSA) is 52.8 Å². The zero-order valence-corrected chi connectivity index (χ0v) is 16.1. The summed E-state index contributed by atoms with van der Waals surface area (Å²) in [5.41, 5.74) is 3.08. The molecule has 0 unspecified atom stereocenters. The highest BCUT2D eigenvalue weighted by molar-refractivity contribution is 5.88. The van der Waals surface area contributed by atoms with Gasteiger partial charge < -0.3 is 9.30 Å². The Morgan fingerprint density at radius 1 is 1.00 bits per heavy atom. The summed E-state index contributed by atoms with van der Waals surface area (Å²) in [4.78, 5) is 4.25. The molecule has 0 aliphatic rings. The highest BCUT2D eigenvalue weighted by Crippen LogP contribution is 2.27. The van der Waals surface area contributed by atoms with Crippen molar-refractivity contribution in [1.29, 1.82) is 0 Å². The molecule has 0 fully saturated rings. The number of hydrogen-bond acceptors (Lipinski definition) is 4. The Kier molecular flexibility index (Phi) is 5.72. The molecule has 0 atom stereocenters. The first-order valence-electron chi connectivity index (χ1n) is 8.69. The lowest BCUT2D eigenvalue weighted by molar-refractivity contribution is 0.341. The van der Waals surface area contributed by atoms with Gasteiger partial charge in [-0.25, -0.2) is 4.98 Å². The molecule has 0 radical (unpaired) electrons. The highest BCUT2D eigenvalue weighted by atomic mass is 35.5. The van der Waals surface area contributed by atoms with Crippen molar-refractivity contribution in [3.8, 4) is 16.9 Å². The van der Waals surface area contributed by atoms with E-state index in [1.54, 1.807) is 12.4 Å². The summed E-state index contributed by atoms with van der Waals surface area (Å²) in [6.07, 6.45) is 5.55. The molecule has 5 nitrogen and oxygen atoms in total. The zero-order chi connectivity index (χ0) is 17.9. The maximum atomic E-state index is 5.62. The molecule has 2 heterocycles. The number of aryl methyl sites for hydroxylation is 1. The molecule has 0 spiro atoms. The predicted molar refractivity (Wildman–Crippen MR) is 109 cm³/mol. The van der Waals surface area contributed by atoms with E-state index in [-0.39, 0.29) is 12.4 Å². The number of imidazole rings is 1. The summed E-state index contributed by atoms with van der Waals surface area (Å²) in [6, 6.07) is 14.7.